The van der Waals surface area contributed by atoms with Crippen molar-refractivity contribution in [3.05, 3.63) is 11.1 Å². The van der Waals surface area contributed by atoms with E-state index in [0.29, 0.717) is 23.1 Å². The summed E-state index contributed by atoms with van der Waals surface area (Å²) in [6, 6.07) is 0. The Morgan fingerprint density at radius 2 is 2.36 bits per heavy atom. The summed E-state index contributed by atoms with van der Waals surface area (Å²) in [6.45, 7) is 2.39. The third-order valence-electron chi connectivity index (χ3n) is 1.13. The van der Waals surface area contributed by atoms with Gasteiger partial charge < -0.3 is 5.73 Å². The van der Waals surface area contributed by atoms with Crippen LogP contribution in [-0.2, 0) is 10.8 Å². The summed E-state index contributed by atoms with van der Waals surface area (Å²) in [5, 5.41) is 0.700. The Kier molecular flexibility index (Phi) is 6.91. The minimum absolute atomic E-state index is 0.551. The molecule has 0 aromatic carbocycles. The van der Waals surface area contributed by atoms with Gasteiger partial charge in [-0.2, -0.15) is 0 Å². The number of rotatable bonds is 5. The molecule has 0 saturated carbocycles. The van der Waals surface area contributed by atoms with Crippen molar-refractivity contribution in [3.8, 4) is 0 Å². The second kappa shape index (κ2) is 6.83. The summed E-state index contributed by atoms with van der Waals surface area (Å²) in [4.78, 5) is 0. The molecule has 0 aromatic rings. The lowest BCUT2D eigenvalue weighted by atomic mass is 10.5. The van der Waals surface area contributed by atoms with E-state index in [0.717, 1.165) is 6.42 Å². The van der Waals surface area contributed by atoms with E-state index in [1.807, 2.05) is 0 Å². The number of hydrogen-bond donors (Lipinski definition) is 1. The van der Waals surface area contributed by atoms with Gasteiger partial charge in [-0.05, 0) is 19.9 Å². The second-order valence-electron chi connectivity index (χ2n) is 2.24. The van der Waals surface area contributed by atoms with Crippen LogP contribution in [0, 0.1) is 0 Å². The van der Waals surface area contributed by atoms with E-state index in [-0.39, 0.29) is 0 Å². The predicted molar refractivity (Wildman–Crippen MR) is 51.2 cm³/mol. The molecule has 66 valence electrons. The van der Waals surface area contributed by atoms with Crippen LogP contribution in [0.2, 0.25) is 0 Å². The average Bonchev–Trinajstić information content (AvgIpc) is 1.97. The van der Waals surface area contributed by atoms with Crippen LogP contribution in [0.4, 0.5) is 0 Å². The van der Waals surface area contributed by atoms with Crippen LogP contribution < -0.4 is 5.73 Å². The Morgan fingerprint density at radius 3 is 2.82 bits per heavy atom. The zero-order valence-electron chi connectivity index (χ0n) is 6.68. The van der Waals surface area contributed by atoms with Crippen LogP contribution in [0.5, 0.6) is 0 Å². The van der Waals surface area contributed by atoms with Gasteiger partial charge >= 0.3 is 0 Å². The highest BCUT2D eigenvalue weighted by Gasteiger charge is 1.95. The topological polar surface area (TPSA) is 43.1 Å². The Labute approximate surface area is 75.3 Å². The molecule has 0 heterocycles. The first-order valence-corrected chi connectivity index (χ1v) is 5.40. The van der Waals surface area contributed by atoms with Crippen molar-refractivity contribution >= 4 is 22.4 Å². The average molecular weight is 196 g/mol. The van der Waals surface area contributed by atoms with Gasteiger partial charge in [0, 0.05) is 27.3 Å². The van der Waals surface area contributed by atoms with Crippen LogP contribution >= 0.6 is 11.6 Å². The summed E-state index contributed by atoms with van der Waals surface area (Å²) >= 11 is 5.56. The minimum atomic E-state index is -0.781. The van der Waals surface area contributed by atoms with E-state index in [9.17, 15) is 4.21 Å². The molecule has 1 unspecified atom stereocenters. The molecular weight excluding hydrogens is 182 g/mol. The lowest BCUT2D eigenvalue weighted by Crippen LogP contribution is -2.07. The SMILES string of the molecule is C/C(Cl)=C/CS(=O)CCCN. The lowest BCUT2D eigenvalue weighted by Gasteiger charge is -1.95. The smallest absolute Gasteiger partial charge is 0.0429 e. The largest absolute Gasteiger partial charge is 0.330 e. The van der Waals surface area contributed by atoms with E-state index in [1.165, 1.54) is 0 Å². The van der Waals surface area contributed by atoms with Crippen LogP contribution in [-0.4, -0.2) is 22.3 Å². The quantitative estimate of drug-likeness (QED) is 0.717. The van der Waals surface area contributed by atoms with Gasteiger partial charge in [-0.1, -0.05) is 17.7 Å². The standard InChI is InChI=1S/C7H14ClNOS/c1-7(8)3-6-11(10)5-2-4-9/h3H,2,4-6,9H2,1H3/b7-3-. The van der Waals surface area contributed by atoms with Gasteiger partial charge in [0.2, 0.25) is 0 Å². The molecule has 1 atom stereocenters. The molecule has 0 bridgehead atoms. The van der Waals surface area contributed by atoms with Gasteiger partial charge in [0.05, 0.1) is 0 Å². The van der Waals surface area contributed by atoms with E-state index >= 15 is 0 Å². The third kappa shape index (κ3) is 8.04. The molecule has 0 amide bonds. The van der Waals surface area contributed by atoms with E-state index < -0.39 is 10.8 Å². The first-order valence-electron chi connectivity index (χ1n) is 3.54. The zero-order chi connectivity index (χ0) is 8.69. The fourth-order valence-electron chi connectivity index (χ4n) is 0.535. The first-order chi connectivity index (χ1) is 5.16. The summed E-state index contributed by atoms with van der Waals surface area (Å²) in [5.41, 5.74) is 5.26. The molecule has 0 spiro atoms. The highest BCUT2D eigenvalue weighted by molar-refractivity contribution is 7.85. The molecule has 0 aliphatic rings. The molecule has 0 saturated heterocycles. The number of halogens is 1. The summed E-state index contributed by atoms with van der Waals surface area (Å²) in [5.74, 6) is 1.23. The van der Waals surface area contributed by atoms with Crippen LogP contribution in [0.15, 0.2) is 11.1 Å². The molecule has 2 nitrogen and oxygen atoms in total. The van der Waals surface area contributed by atoms with E-state index in [2.05, 4.69) is 0 Å². The van der Waals surface area contributed by atoms with Crippen LogP contribution in [0.3, 0.4) is 0 Å². The Morgan fingerprint density at radius 1 is 1.73 bits per heavy atom. The van der Waals surface area contributed by atoms with Crippen LogP contribution in [0.25, 0.3) is 0 Å². The molecule has 0 radical (unpaired) electrons. The van der Waals surface area contributed by atoms with Crippen molar-refractivity contribution in [3.63, 3.8) is 0 Å². The van der Waals surface area contributed by atoms with Crippen molar-refractivity contribution in [2.45, 2.75) is 13.3 Å². The molecule has 0 rings (SSSR count). The molecule has 0 aliphatic heterocycles. The Bertz CT molecular complexity index is 155. The maximum Gasteiger partial charge on any atom is 0.0429 e. The molecule has 11 heavy (non-hydrogen) atoms. The maximum absolute atomic E-state index is 11.1. The minimum Gasteiger partial charge on any atom is -0.330 e. The monoisotopic (exact) mass is 195 g/mol. The molecule has 2 N–H and O–H groups in total. The van der Waals surface area contributed by atoms with Gasteiger partial charge in [-0.3, -0.25) is 4.21 Å². The van der Waals surface area contributed by atoms with Crippen molar-refractivity contribution in [1.29, 1.82) is 0 Å². The van der Waals surface area contributed by atoms with E-state index in [1.54, 1.807) is 13.0 Å². The van der Waals surface area contributed by atoms with Gasteiger partial charge in [-0.15, -0.1) is 0 Å². The van der Waals surface area contributed by atoms with Gasteiger partial charge in [0.25, 0.3) is 0 Å². The van der Waals surface area contributed by atoms with Crippen LogP contribution in [0.1, 0.15) is 13.3 Å². The van der Waals surface area contributed by atoms with Crippen molar-refractivity contribution < 1.29 is 4.21 Å². The fourth-order valence-corrected chi connectivity index (χ4v) is 1.80. The normalized spacial score (nSPS) is 15.0. The highest BCUT2D eigenvalue weighted by Crippen LogP contribution is 1.98. The molecule has 0 aliphatic carbocycles. The maximum atomic E-state index is 11.1. The second-order valence-corrected chi connectivity index (χ2v) is 4.46. The van der Waals surface area contributed by atoms with E-state index in [4.69, 9.17) is 17.3 Å². The predicted octanol–water partition coefficient (Wildman–Crippen LogP) is 1.23. The van der Waals surface area contributed by atoms with Gasteiger partial charge in [0.1, 0.15) is 0 Å². The Hall–Kier alpha value is 0.140. The highest BCUT2D eigenvalue weighted by atomic mass is 35.5. The molecule has 0 aromatic heterocycles. The van der Waals surface area contributed by atoms with Crippen molar-refractivity contribution in [2.75, 3.05) is 18.1 Å². The van der Waals surface area contributed by atoms with Gasteiger partial charge in [0.15, 0.2) is 0 Å². The van der Waals surface area contributed by atoms with Crippen molar-refractivity contribution in [1.82, 2.24) is 0 Å². The third-order valence-corrected chi connectivity index (χ3v) is 2.56. The summed E-state index contributed by atoms with van der Waals surface area (Å²) in [6.07, 6.45) is 2.59. The number of hydrogen-bond acceptors (Lipinski definition) is 2. The molecular formula is C7H14ClNOS. The van der Waals surface area contributed by atoms with Gasteiger partial charge in [-0.25, -0.2) is 0 Å². The van der Waals surface area contributed by atoms with Crippen molar-refractivity contribution in [2.24, 2.45) is 5.73 Å². The zero-order valence-corrected chi connectivity index (χ0v) is 8.25. The molecule has 4 heteroatoms. The lowest BCUT2D eigenvalue weighted by molar-refractivity contribution is 0.682. The first kappa shape index (κ1) is 11.1. The fraction of sp³-hybridized carbons (Fsp3) is 0.714. The molecule has 0 fully saturated rings. The summed E-state index contributed by atoms with van der Waals surface area (Å²) < 4.78 is 11.1. The summed E-state index contributed by atoms with van der Waals surface area (Å²) in [7, 11) is -0.781. The Balaban J connectivity index is 3.45. The number of allylic oxidation sites excluding steroid dienone is 1. The number of nitrogens with two attached hydrogens (primary N) is 1.